The Kier molecular flexibility index (Phi) is 3.92. The number of anilines is 1. The number of nitrogens with one attached hydrogen (secondary N) is 1. The van der Waals surface area contributed by atoms with Crippen molar-refractivity contribution in [2.75, 3.05) is 5.32 Å². The van der Waals surface area contributed by atoms with E-state index in [-0.39, 0.29) is 5.91 Å². The highest BCUT2D eigenvalue weighted by Gasteiger charge is 2.19. The van der Waals surface area contributed by atoms with Crippen LogP contribution in [0.4, 0.5) is 5.69 Å². The molecule has 1 amide bonds. The van der Waals surface area contributed by atoms with Crippen LogP contribution in [-0.2, 0) is 17.6 Å². The Morgan fingerprint density at radius 1 is 1.00 bits per heavy atom. The number of benzene rings is 3. The fourth-order valence-corrected chi connectivity index (χ4v) is 3.46. The zero-order valence-electron chi connectivity index (χ0n) is 14.5. The van der Waals surface area contributed by atoms with Crippen molar-refractivity contribution in [1.29, 1.82) is 0 Å². The average Bonchev–Trinajstić information content (AvgIpc) is 3.04. The van der Waals surface area contributed by atoms with E-state index in [1.54, 1.807) is 6.92 Å². The maximum absolute atomic E-state index is 12.6. The summed E-state index contributed by atoms with van der Waals surface area (Å²) in [5, 5.41) is 5.45. The summed E-state index contributed by atoms with van der Waals surface area (Å²) in [4.78, 5) is 12.6. The minimum atomic E-state index is -0.564. The SMILES string of the molecule is Cc1ccc(O[C@@H](C)C(=O)Nc2ccc3c4c(cccc24)CC3)cc1. The van der Waals surface area contributed by atoms with Crippen LogP contribution in [0.1, 0.15) is 23.6 Å². The molecule has 0 radical (unpaired) electrons. The Morgan fingerprint density at radius 2 is 1.72 bits per heavy atom. The lowest BCUT2D eigenvalue weighted by molar-refractivity contribution is -0.122. The highest BCUT2D eigenvalue weighted by atomic mass is 16.5. The number of hydrogen-bond acceptors (Lipinski definition) is 2. The summed E-state index contributed by atoms with van der Waals surface area (Å²) < 4.78 is 5.76. The van der Waals surface area contributed by atoms with Crippen LogP contribution in [0.15, 0.2) is 54.6 Å². The topological polar surface area (TPSA) is 38.3 Å². The number of ether oxygens (including phenoxy) is 1. The van der Waals surface area contributed by atoms with E-state index in [0.717, 1.165) is 29.5 Å². The molecule has 3 aromatic rings. The van der Waals surface area contributed by atoms with Crippen molar-refractivity contribution in [3.05, 3.63) is 71.3 Å². The molecule has 25 heavy (non-hydrogen) atoms. The molecule has 0 spiro atoms. The molecule has 1 N–H and O–H groups in total. The predicted molar refractivity (Wildman–Crippen MR) is 101 cm³/mol. The number of amides is 1. The van der Waals surface area contributed by atoms with E-state index in [2.05, 4.69) is 29.6 Å². The number of rotatable bonds is 4. The van der Waals surface area contributed by atoms with Crippen molar-refractivity contribution in [3.8, 4) is 5.75 Å². The number of aryl methyl sites for hydroxylation is 3. The van der Waals surface area contributed by atoms with Crippen LogP contribution in [-0.4, -0.2) is 12.0 Å². The lowest BCUT2D eigenvalue weighted by Crippen LogP contribution is -2.30. The molecule has 3 nitrogen and oxygen atoms in total. The van der Waals surface area contributed by atoms with E-state index < -0.39 is 6.10 Å². The van der Waals surface area contributed by atoms with Crippen LogP contribution < -0.4 is 10.1 Å². The van der Waals surface area contributed by atoms with Crippen molar-refractivity contribution in [2.45, 2.75) is 32.8 Å². The molecular formula is C22H21NO2. The van der Waals surface area contributed by atoms with Gasteiger partial charge in [-0.05, 0) is 61.4 Å². The molecule has 3 aromatic carbocycles. The molecule has 0 bridgehead atoms. The van der Waals surface area contributed by atoms with Crippen LogP contribution in [0.3, 0.4) is 0 Å². The van der Waals surface area contributed by atoms with Gasteiger partial charge >= 0.3 is 0 Å². The van der Waals surface area contributed by atoms with Crippen molar-refractivity contribution in [2.24, 2.45) is 0 Å². The normalized spacial score (nSPS) is 13.7. The lowest BCUT2D eigenvalue weighted by Gasteiger charge is -2.16. The summed E-state index contributed by atoms with van der Waals surface area (Å²) in [6.07, 6.45) is 1.60. The van der Waals surface area contributed by atoms with Gasteiger partial charge in [-0.15, -0.1) is 0 Å². The number of carbonyl (C=O) groups is 1. The van der Waals surface area contributed by atoms with Gasteiger partial charge in [-0.2, -0.15) is 0 Å². The van der Waals surface area contributed by atoms with Gasteiger partial charge in [0.2, 0.25) is 0 Å². The first-order valence-electron chi connectivity index (χ1n) is 8.69. The quantitative estimate of drug-likeness (QED) is 0.755. The zero-order valence-corrected chi connectivity index (χ0v) is 14.5. The number of hydrogen-bond donors (Lipinski definition) is 1. The largest absolute Gasteiger partial charge is 0.481 e. The van der Waals surface area contributed by atoms with Gasteiger partial charge in [0, 0.05) is 11.1 Å². The van der Waals surface area contributed by atoms with Gasteiger partial charge in [0.1, 0.15) is 5.75 Å². The monoisotopic (exact) mass is 331 g/mol. The van der Waals surface area contributed by atoms with E-state index in [9.17, 15) is 4.79 Å². The smallest absolute Gasteiger partial charge is 0.265 e. The van der Waals surface area contributed by atoms with E-state index in [1.807, 2.05) is 37.3 Å². The van der Waals surface area contributed by atoms with Crippen LogP contribution in [0, 0.1) is 6.92 Å². The van der Waals surface area contributed by atoms with Crippen LogP contribution in [0.25, 0.3) is 10.8 Å². The molecule has 0 unspecified atom stereocenters. The minimum Gasteiger partial charge on any atom is -0.481 e. The molecule has 0 saturated heterocycles. The fraction of sp³-hybridized carbons (Fsp3) is 0.227. The molecular weight excluding hydrogens is 310 g/mol. The molecule has 3 heteroatoms. The van der Waals surface area contributed by atoms with E-state index in [0.29, 0.717) is 5.75 Å². The highest BCUT2D eigenvalue weighted by molar-refractivity contribution is 6.06. The Hall–Kier alpha value is -2.81. The molecule has 126 valence electrons. The van der Waals surface area contributed by atoms with Crippen molar-refractivity contribution >= 4 is 22.4 Å². The third-order valence-electron chi connectivity index (χ3n) is 4.84. The van der Waals surface area contributed by atoms with Crippen molar-refractivity contribution < 1.29 is 9.53 Å². The highest BCUT2D eigenvalue weighted by Crippen LogP contribution is 2.35. The Labute approximate surface area is 147 Å². The van der Waals surface area contributed by atoms with Gasteiger partial charge in [-0.1, -0.05) is 42.0 Å². The zero-order chi connectivity index (χ0) is 17.4. The molecule has 4 rings (SSSR count). The van der Waals surface area contributed by atoms with Crippen LogP contribution in [0.5, 0.6) is 5.75 Å². The Balaban J connectivity index is 1.55. The molecule has 0 saturated carbocycles. The summed E-state index contributed by atoms with van der Waals surface area (Å²) in [5.74, 6) is 0.563. The molecule has 1 aliphatic rings. The summed E-state index contributed by atoms with van der Waals surface area (Å²) >= 11 is 0. The first-order valence-corrected chi connectivity index (χ1v) is 8.69. The third-order valence-corrected chi connectivity index (χ3v) is 4.84. The molecule has 0 fully saturated rings. The summed E-state index contributed by atoms with van der Waals surface area (Å²) in [7, 11) is 0. The maximum Gasteiger partial charge on any atom is 0.265 e. The molecule has 0 heterocycles. The van der Waals surface area contributed by atoms with Gasteiger partial charge in [-0.3, -0.25) is 4.79 Å². The van der Waals surface area contributed by atoms with Crippen molar-refractivity contribution in [1.82, 2.24) is 0 Å². The van der Waals surface area contributed by atoms with Crippen LogP contribution >= 0.6 is 0 Å². The van der Waals surface area contributed by atoms with E-state index >= 15 is 0 Å². The summed E-state index contributed by atoms with van der Waals surface area (Å²) in [5.41, 5.74) is 4.75. The standard InChI is InChI=1S/C22H21NO2/c1-14-6-11-18(12-7-14)25-15(2)22(24)23-20-13-10-17-9-8-16-4-3-5-19(20)21(16)17/h3-7,10-13,15H,8-9H2,1-2H3,(H,23,24)/t15-/m0/s1. The van der Waals surface area contributed by atoms with Gasteiger partial charge in [0.05, 0.1) is 0 Å². The molecule has 0 aromatic heterocycles. The second-order valence-electron chi connectivity index (χ2n) is 6.67. The molecule has 1 aliphatic carbocycles. The van der Waals surface area contributed by atoms with E-state index in [1.165, 1.54) is 16.5 Å². The third kappa shape index (κ3) is 2.98. The van der Waals surface area contributed by atoms with Gasteiger partial charge in [0.15, 0.2) is 6.10 Å². The minimum absolute atomic E-state index is 0.140. The summed E-state index contributed by atoms with van der Waals surface area (Å²) in [6, 6.07) is 18.2. The van der Waals surface area contributed by atoms with Crippen molar-refractivity contribution in [3.63, 3.8) is 0 Å². The first kappa shape index (κ1) is 15.7. The maximum atomic E-state index is 12.6. The lowest BCUT2D eigenvalue weighted by atomic mass is 10.0. The molecule has 1 atom stereocenters. The summed E-state index contributed by atoms with van der Waals surface area (Å²) in [6.45, 7) is 3.80. The Morgan fingerprint density at radius 3 is 2.48 bits per heavy atom. The van der Waals surface area contributed by atoms with Crippen LogP contribution in [0.2, 0.25) is 0 Å². The van der Waals surface area contributed by atoms with Gasteiger partial charge in [-0.25, -0.2) is 0 Å². The number of carbonyl (C=O) groups excluding carboxylic acids is 1. The fourth-order valence-electron chi connectivity index (χ4n) is 3.46. The Bertz CT molecular complexity index is 934. The van der Waals surface area contributed by atoms with Gasteiger partial charge in [0.25, 0.3) is 5.91 Å². The predicted octanol–water partition coefficient (Wildman–Crippen LogP) is 4.65. The second kappa shape index (κ2) is 6.25. The van der Waals surface area contributed by atoms with E-state index in [4.69, 9.17) is 4.74 Å². The van der Waals surface area contributed by atoms with Gasteiger partial charge < -0.3 is 10.1 Å². The average molecular weight is 331 g/mol. The first-order chi connectivity index (χ1) is 12.1. The molecule has 0 aliphatic heterocycles. The second-order valence-corrected chi connectivity index (χ2v) is 6.67.